The molecule has 0 aromatic heterocycles. The minimum Gasteiger partial charge on any atom is -0.381 e. The number of hydrogen-bond donors (Lipinski definition) is 1. The predicted molar refractivity (Wildman–Crippen MR) is 142 cm³/mol. The molecular weight excluding hydrogens is 475 g/mol. The normalized spacial score (nSPS) is 23.7. The van der Waals surface area contributed by atoms with Gasteiger partial charge in [-0.15, -0.1) is 0 Å². The van der Waals surface area contributed by atoms with Crippen molar-refractivity contribution in [3.63, 3.8) is 0 Å². The Labute approximate surface area is 216 Å². The maximum absolute atomic E-state index is 14.8. The average molecular weight is 513 g/mol. The van der Waals surface area contributed by atoms with Crippen LogP contribution in [-0.4, -0.2) is 45.5 Å². The quantitative estimate of drug-likeness (QED) is 0.412. The fraction of sp³-hybridized carbons (Fsp3) is 0.552. The van der Waals surface area contributed by atoms with Gasteiger partial charge in [0.2, 0.25) is 5.91 Å². The highest BCUT2D eigenvalue weighted by Crippen LogP contribution is 2.37. The summed E-state index contributed by atoms with van der Waals surface area (Å²) in [4.78, 5) is 13.3. The molecule has 194 valence electrons. The van der Waals surface area contributed by atoms with Crippen LogP contribution in [0.5, 0.6) is 0 Å². The minimum absolute atomic E-state index is 0.0826. The van der Waals surface area contributed by atoms with E-state index in [1.165, 1.54) is 17.2 Å². The van der Waals surface area contributed by atoms with E-state index in [9.17, 15) is 13.4 Å². The number of halogens is 1. The Morgan fingerprint density at radius 2 is 1.89 bits per heavy atom. The van der Waals surface area contributed by atoms with Crippen LogP contribution in [0.15, 0.2) is 42.5 Å². The van der Waals surface area contributed by atoms with Gasteiger partial charge in [0.05, 0.1) is 11.0 Å². The van der Waals surface area contributed by atoms with Crippen molar-refractivity contribution < 1.29 is 18.1 Å². The first kappa shape index (κ1) is 25.6. The molecule has 2 aromatic rings. The molecule has 0 radical (unpaired) electrons. The minimum atomic E-state index is -0.878. The number of hydrogen-bond acceptors (Lipinski definition) is 3. The fourth-order valence-corrected chi connectivity index (χ4v) is 7.04. The fourth-order valence-electron chi connectivity index (χ4n) is 5.39. The molecule has 5 rings (SSSR count). The number of carbonyl (C=O) groups is 1. The van der Waals surface area contributed by atoms with Crippen molar-refractivity contribution in [2.75, 3.05) is 25.1 Å². The van der Waals surface area contributed by atoms with E-state index in [0.29, 0.717) is 35.3 Å². The van der Waals surface area contributed by atoms with E-state index in [1.54, 1.807) is 12.1 Å². The summed E-state index contributed by atoms with van der Waals surface area (Å²) >= 11 is 0. The maximum atomic E-state index is 14.8. The van der Waals surface area contributed by atoms with Gasteiger partial charge in [0, 0.05) is 48.7 Å². The van der Waals surface area contributed by atoms with Gasteiger partial charge in [0.15, 0.2) is 0 Å². The van der Waals surface area contributed by atoms with Gasteiger partial charge in [0.25, 0.3) is 0 Å². The molecule has 1 N–H and O–H groups in total. The van der Waals surface area contributed by atoms with Crippen LogP contribution >= 0.6 is 0 Å². The highest BCUT2D eigenvalue weighted by atomic mass is 32.2. The summed E-state index contributed by atoms with van der Waals surface area (Å²) in [5.41, 5.74) is 3.58. The number of rotatable bonds is 11. The second-order valence-corrected chi connectivity index (χ2v) is 12.1. The van der Waals surface area contributed by atoms with Crippen molar-refractivity contribution in [2.24, 2.45) is 5.92 Å². The number of benzene rings is 2. The van der Waals surface area contributed by atoms with E-state index >= 15 is 0 Å². The highest BCUT2D eigenvalue weighted by molar-refractivity contribution is 7.83. The van der Waals surface area contributed by atoms with Gasteiger partial charge in [-0.2, -0.15) is 0 Å². The number of amides is 1. The molecule has 1 aliphatic carbocycles. The number of ether oxygens (including phenoxy) is 1. The van der Waals surface area contributed by atoms with Crippen LogP contribution in [0.2, 0.25) is 0 Å². The Hall–Kier alpha value is -2.09. The number of nitrogens with zero attached hydrogens (tertiary/aromatic N) is 1. The third-order valence-corrected chi connectivity index (χ3v) is 9.83. The maximum Gasteiger partial charge on any atom is 0.225 e. The molecule has 2 saturated heterocycles. The van der Waals surface area contributed by atoms with Crippen molar-refractivity contribution in [3.8, 4) is 0 Å². The third kappa shape index (κ3) is 6.24. The van der Waals surface area contributed by atoms with Crippen LogP contribution in [0.1, 0.15) is 68.1 Å². The summed E-state index contributed by atoms with van der Waals surface area (Å²) in [5, 5.41) is 3.37. The largest absolute Gasteiger partial charge is 0.381 e. The molecule has 1 saturated carbocycles. The first-order valence-electron chi connectivity index (χ1n) is 13.4. The lowest BCUT2D eigenvalue weighted by Gasteiger charge is -2.30. The van der Waals surface area contributed by atoms with Crippen LogP contribution in [0.3, 0.4) is 0 Å². The standard InChI is InChI=1S/C29H37FN2O3S/c1-2-20-6-8-21(9-7-20)26(22-14-16-35-17-15-22)18-29(33)31-28-5-3-4-27(30)25(28)13-10-23-19-32(23)36(34)24-11-12-24/h3-9,22-24,26H,2,10-19H2,1H3,(H,31,33)/t23-,26?,32?,36?/m0/s1. The van der Waals surface area contributed by atoms with Crippen molar-refractivity contribution in [2.45, 2.75) is 75.5 Å². The molecule has 5 nitrogen and oxygen atoms in total. The molecule has 36 heavy (non-hydrogen) atoms. The topological polar surface area (TPSA) is 58.4 Å². The number of aryl methyl sites for hydroxylation is 1. The average Bonchev–Trinajstić information content (AvgIpc) is 3.82. The summed E-state index contributed by atoms with van der Waals surface area (Å²) < 4.78 is 34.8. The Kier molecular flexibility index (Phi) is 8.18. The predicted octanol–water partition coefficient (Wildman–Crippen LogP) is 5.37. The van der Waals surface area contributed by atoms with Crippen LogP contribution in [0.25, 0.3) is 0 Å². The molecule has 3 aliphatic rings. The number of carbonyl (C=O) groups excluding carboxylic acids is 1. The van der Waals surface area contributed by atoms with Crippen molar-refractivity contribution in [1.29, 1.82) is 0 Å². The lowest BCUT2D eigenvalue weighted by molar-refractivity contribution is -0.117. The van der Waals surface area contributed by atoms with Gasteiger partial charge in [-0.1, -0.05) is 37.3 Å². The molecule has 2 heterocycles. The number of nitrogens with one attached hydrogen (secondary N) is 1. The Morgan fingerprint density at radius 3 is 2.58 bits per heavy atom. The monoisotopic (exact) mass is 512 g/mol. The van der Waals surface area contributed by atoms with Crippen LogP contribution in [-0.2, 0) is 33.4 Å². The van der Waals surface area contributed by atoms with Gasteiger partial charge < -0.3 is 10.1 Å². The third-order valence-electron chi connectivity index (χ3n) is 7.88. The summed E-state index contributed by atoms with van der Waals surface area (Å²) in [5.74, 6) is 0.117. The summed E-state index contributed by atoms with van der Waals surface area (Å²) in [6.45, 7) is 4.42. The summed E-state index contributed by atoms with van der Waals surface area (Å²) in [6, 6.07) is 13.8. The van der Waals surface area contributed by atoms with Gasteiger partial charge in [-0.3, -0.25) is 4.79 Å². The molecular formula is C29H37FN2O3S. The molecule has 0 spiro atoms. The van der Waals surface area contributed by atoms with Crippen LogP contribution in [0.4, 0.5) is 10.1 Å². The van der Waals surface area contributed by atoms with Crippen LogP contribution in [0, 0.1) is 11.7 Å². The Balaban J connectivity index is 1.25. The SMILES string of the molecule is CCc1ccc(C(CC(=O)Nc2cccc(F)c2CC[C@H]2CN2S(=O)C2CC2)C2CCOCC2)cc1. The van der Waals surface area contributed by atoms with Gasteiger partial charge in [-0.25, -0.2) is 12.9 Å². The molecule has 7 heteroatoms. The second kappa shape index (κ2) is 11.5. The number of anilines is 1. The molecule has 2 aromatic carbocycles. The molecule has 3 fully saturated rings. The van der Waals surface area contributed by atoms with Crippen LogP contribution < -0.4 is 5.32 Å². The highest BCUT2D eigenvalue weighted by Gasteiger charge is 2.44. The lowest BCUT2D eigenvalue weighted by atomic mass is 9.79. The Bertz CT molecular complexity index is 1080. The zero-order chi connectivity index (χ0) is 25.1. The van der Waals surface area contributed by atoms with Crippen molar-refractivity contribution >= 4 is 22.6 Å². The first-order valence-corrected chi connectivity index (χ1v) is 14.6. The molecule has 4 atom stereocenters. The Morgan fingerprint density at radius 1 is 1.14 bits per heavy atom. The smallest absolute Gasteiger partial charge is 0.225 e. The van der Waals surface area contributed by atoms with E-state index < -0.39 is 11.0 Å². The van der Waals surface area contributed by atoms with Crippen molar-refractivity contribution in [3.05, 3.63) is 65.0 Å². The van der Waals surface area contributed by atoms with Gasteiger partial charge in [-0.05, 0) is 80.0 Å². The summed E-state index contributed by atoms with van der Waals surface area (Å²) in [7, 11) is -0.878. The lowest BCUT2D eigenvalue weighted by Crippen LogP contribution is -2.26. The van der Waals surface area contributed by atoms with Gasteiger partial charge in [0.1, 0.15) is 5.82 Å². The molecule has 2 aliphatic heterocycles. The molecule has 1 amide bonds. The van der Waals surface area contributed by atoms with E-state index in [1.807, 2.05) is 4.31 Å². The molecule has 0 bridgehead atoms. The summed E-state index contributed by atoms with van der Waals surface area (Å²) in [6.07, 6.45) is 6.61. The van der Waals surface area contributed by atoms with E-state index in [2.05, 4.69) is 36.5 Å². The van der Waals surface area contributed by atoms with E-state index in [0.717, 1.165) is 58.3 Å². The first-order chi connectivity index (χ1) is 17.5. The van der Waals surface area contributed by atoms with E-state index in [-0.39, 0.29) is 23.7 Å². The van der Waals surface area contributed by atoms with E-state index in [4.69, 9.17) is 4.74 Å². The molecule has 3 unspecified atom stereocenters. The van der Waals surface area contributed by atoms with Crippen molar-refractivity contribution in [1.82, 2.24) is 4.31 Å². The zero-order valence-electron chi connectivity index (χ0n) is 21.1. The second-order valence-electron chi connectivity index (χ2n) is 10.4. The zero-order valence-corrected chi connectivity index (χ0v) is 21.9. The van der Waals surface area contributed by atoms with Gasteiger partial charge >= 0.3 is 0 Å².